The van der Waals surface area contributed by atoms with E-state index < -0.39 is 15.8 Å². The molecule has 126 valence electrons. The highest BCUT2D eigenvalue weighted by atomic mass is 127. The van der Waals surface area contributed by atoms with Crippen LogP contribution in [0.4, 0.5) is 10.1 Å². The number of nitriles is 1. The average Bonchev–Trinajstić information content (AvgIpc) is 2.45. The summed E-state index contributed by atoms with van der Waals surface area (Å²) >= 11 is 2.36. The Kier molecular flexibility index (Phi) is 5.86. The third-order valence-electron chi connectivity index (χ3n) is 3.92. The lowest BCUT2D eigenvalue weighted by molar-refractivity contribution is 0.197. The largest absolute Gasteiger partial charge is 0.299 e. The molecular weight excluding hydrogens is 432 g/mol. The van der Waals surface area contributed by atoms with Gasteiger partial charge in [-0.1, -0.05) is 34.7 Å². The fourth-order valence-corrected chi connectivity index (χ4v) is 3.86. The van der Waals surface area contributed by atoms with E-state index in [1.807, 2.05) is 0 Å². The van der Waals surface area contributed by atoms with Crippen LogP contribution in [0.25, 0.3) is 0 Å². The third-order valence-corrected chi connectivity index (χ3v) is 5.97. The topological polar surface area (TPSA) is 73.2 Å². The van der Waals surface area contributed by atoms with Crippen LogP contribution in [0.5, 0.6) is 0 Å². The second-order valence-corrected chi connectivity index (χ2v) is 9.95. The second kappa shape index (κ2) is 7.32. The number of benzene rings is 1. The van der Waals surface area contributed by atoms with Crippen molar-refractivity contribution in [1.29, 1.82) is 5.26 Å². The van der Waals surface area contributed by atoms with Crippen LogP contribution in [0, 0.1) is 17.1 Å². The fraction of sp³-hybridized carbons (Fsp3) is 0.533. The number of likely N-dealkylation sites (tertiary alicyclic amines) is 1. The molecule has 1 aromatic rings. The third kappa shape index (κ3) is 5.29. The highest BCUT2D eigenvalue weighted by molar-refractivity contribution is 14.1. The zero-order valence-corrected chi connectivity index (χ0v) is 15.8. The summed E-state index contributed by atoms with van der Waals surface area (Å²) < 4.78 is 39.2. The van der Waals surface area contributed by atoms with Gasteiger partial charge < -0.3 is 0 Å². The molecule has 1 heterocycles. The SMILES string of the molecule is CS(=O)(=O)Nc1cccc(CN2CCC(I)(CC#N)CC2)c1F. The summed E-state index contributed by atoms with van der Waals surface area (Å²) in [5.41, 5.74) is 0.453. The Morgan fingerprint density at radius 1 is 1.43 bits per heavy atom. The number of rotatable bonds is 5. The van der Waals surface area contributed by atoms with Crippen LogP contribution in [-0.4, -0.2) is 36.1 Å². The Hall–Kier alpha value is -0.920. The van der Waals surface area contributed by atoms with Crippen molar-refractivity contribution in [2.24, 2.45) is 0 Å². The molecular formula is C15H19FIN3O2S. The number of nitrogens with one attached hydrogen (secondary N) is 1. The van der Waals surface area contributed by atoms with Gasteiger partial charge in [0.2, 0.25) is 10.0 Å². The van der Waals surface area contributed by atoms with E-state index in [1.165, 1.54) is 6.07 Å². The van der Waals surface area contributed by atoms with E-state index in [9.17, 15) is 12.8 Å². The van der Waals surface area contributed by atoms with Gasteiger partial charge >= 0.3 is 0 Å². The van der Waals surface area contributed by atoms with Crippen molar-refractivity contribution in [2.45, 2.75) is 29.2 Å². The highest BCUT2D eigenvalue weighted by Gasteiger charge is 2.31. The molecule has 1 aliphatic heterocycles. The maximum Gasteiger partial charge on any atom is 0.229 e. The molecule has 1 saturated heterocycles. The molecule has 0 aromatic heterocycles. The molecule has 0 saturated carbocycles. The van der Waals surface area contributed by atoms with Crippen LogP contribution in [0.15, 0.2) is 18.2 Å². The first-order valence-electron chi connectivity index (χ1n) is 7.26. The van der Waals surface area contributed by atoms with Gasteiger partial charge in [-0.3, -0.25) is 9.62 Å². The predicted octanol–water partition coefficient (Wildman–Crippen LogP) is 2.88. The monoisotopic (exact) mass is 451 g/mol. The Morgan fingerprint density at radius 2 is 2.09 bits per heavy atom. The van der Waals surface area contributed by atoms with Crippen molar-refractivity contribution in [3.8, 4) is 6.07 Å². The molecule has 0 aliphatic carbocycles. The van der Waals surface area contributed by atoms with E-state index >= 15 is 0 Å². The van der Waals surface area contributed by atoms with Gasteiger partial charge in [0, 0.05) is 22.0 Å². The first-order valence-corrected chi connectivity index (χ1v) is 10.2. The summed E-state index contributed by atoms with van der Waals surface area (Å²) in [6, 6.07) is 6.96. The number of hydrogen-bond acceptors (Lipinski definition) is 4. The first kappa shape index (κ1) is 18.4. The van der Waals surface area contributed by atoms with Gasteiger partial charge in [-0.25, -0.2) is 12.8 Å². The molecule has 23 heavy (non-hydrogen) atoms. The molecule has 1 fully saturated rings. The molecule has 0 spiro atoms. The van der Waals surface area contributed by atoms with Gasteiger partial charge in [-0.15, -0.1) is 0 Å². The number of nitrogens with zero attached hydrogens (tertiary/aromatic N) is 2. The van der Waals surface area contributed by atoms with Gasteiger partial charge in [0.15, 0.2) is 5.82 Å². The summed E-state index contributed by atoms with van der Waals surface area (Å²) in [5.74, 6) is -0.527. The van der Waals surface area contributed by atoms with Crippen LogP contribution in [-0.2, 0) is 16.6 Å². The highest BCUT2D eigenvalue weighted by Crippen LogP contribution is 2.35. The van der Waals surface area contributed by atoms with Crippen LogP contribution in [0.1, 0.15) is 24.8 Å². The normalized spacial score (nSPS) is 18.3. The summed E-state index contributed by atoms with van der Waals surface area (Å²) in [6.07, 6.45) is 3.32. The smallest absolute Gasteiger partial charge is 0.229 e. The fourth-order valence-electron chi connectivity index (χ4n) is 2.65. The summed E-state index contributed by atoms with van der Waals surface area (Å²) in [5, 5.41) is 8.87. The number of sulfonamides is 1. The maximum absolute atomic E-state index is 14.4. The van der Waals surface area contributed by atoms with Crippen molar-refractivity contribution in [3.05, 3.63) is 29.6 Å². The van der Waals surface area contributed by atoms with E-state index in [0.717, 1.165) is 32.2 Å². The standard InChI is InChI=1S/C15H19FIN3O2S/c1-23(21,22)19-13-4-2-3-12(14(13)16)11-20-9-6-15(17,5-8-18)7-10-20/h2-4,19H,5-7,9-11H2,1H3. The van der Waals surface area contributed by atoms with E-state index in [2.05, 4.69) is 38.3 Å². The lowest BCUT2D eigenvalue weighted by Gasteiger charge is -2.36. The molecule has 0 unspecified atom stereocenters. The Morgan fingerprint density at radius 3 is 2.65 bits per heavy atom. The first-order chi connectivity index (χ1) is 10.7. The average molecular weight is 451 g/mol. The predicted molar refractivity (Wildman–Crippen MR) is 96.4 cm³/mol. The van der Waals surface area contributed by atoms with E-state index in [1.54, 1.807) is 12.1 Å². The zero-order valence-electron chi connectivity index (χ0n) is 12.8. The molecule has 0 radical (unpaired) electrons. The molecule has 1 N–H and O–H groups in total. The van der Waals surface area contributed by atoms with Crippen LogP contribution in [0.2, 0.25) is 0 Å². The lowest BCUT2D eigenvalue weighted by Crippen LogP contribution is -2.40. The number of halogens is 2. The Balaban J connectivity index is 2.05. The van der Waals surface area contributed by atoms with Crippen molar-refractivity contribution >= 4 is 38.3 Å². The van der Waals surface area contributed by atoms with E-state index in [-0.39, 0.29) is 9.11 Å². The van der Waals surface area contributed by atoms with Gasteiger partial charge in [0.05, 0.1) is 18.0 Å². The second-order valence-electron chi connectivity index (χ2n) is 5.91. The molecule has 0 bridgehead atoms. The van der Waals surface area contributed by atoms with Crippen molar-refractivity contribution < 1.29 is 12.8 Å². The van der Waals surface area contributed by atoms with E-state index in [0.29, 0.717) is 18.5 Å². The van der Waals surface area contributed by atoms with Crippen LogP contribution in [0.3, 0.4) is 0 Å². The van der Waals surface area contributed by atoms with Crippen LogP contribution < -0.4 is 4.72 Å². The lowest BCUT2D eigenvalue weighted by atomic mass is 9.93. The van der Waals surface area contributed by atoms with E-state index in [4.69, 9.17) is 5.26 Å². The Labute approximate surface area is 150 Å². The number of hydrogen-bond donors (Lipinski definition) is 1. The molecule has 0 amide bonds. The summed E-state index contributed by atoms with van der Waals surface area (Å²) in [4.78, 5) is 2.14. The van der Waals surface area contributed by atoms with Gasteiger partial charge in [-0.2, -0.15) is 5.26 Å². The van der Waals surface area contributed by atoms with Crippen molar-refractivity contribution in [2.75, 3.05) is 24.1 Å². The van der Waals surface area contributed by atoms with Gasteiger partial charge in [0.25, 0.3) is 0 Å². The Bertz CT molecular complexity index is 710. The molecule has 0 atom stereocenters. The van der Waals surface area contributed by atoms with Gasteiger partial charge in [0.1, 0.15) is 0 Å². The molecule has 8 heteroatoms. The minimum atomic E-state index is -3.51. The summed E-state index contributed by atoms with van der Waals surface area (Å²) in [6.45, 7) is 2.03. The summed E-state index contributed by atoms with van der Waals surface area (Å²) in [7, 11) is -3.51. The number of piperidine rings is 1. The molecule has 2 rings (SSSR count). The minimum Gasteiger partial charge on any atom is -0.299 e. The van der Waals surface area contributed by atoms with Crippen molar-refractivity contribution in [3.63, 3.8) is 0 Å². The minimum absolute atomic E-state index is 0.0151. The quantitative estimate of drug-likeness (QED) is 0.552. The number of anilines is 1. The van der Waals surface area contributed by atoms with Crippen molar-refractivity contribution in [1.82, 2.24) is 4.90 Å². The maximum atomic E-state index is 14.4. The van der Waals surface area contributed by atoms with Gasteiger partial charge in [-0.05, 0) is 32.0 Å². The zero-order chi connectivity index (χ0) is 17.1. The molecule has 1 aliphatic rings. The molecule has 1 aromatic carbocycles. The number of alkyl halides is 1. The molecule has 5 nitrogen and oxygen atoms in total. The van der Waals surface area contributed by atoms with Crippen LogP contribution >= 0.6 is 22.6 Å².